The number of nitrogens with zero attached hydrogens (tertiary/aromatic N) is 3. The number of aliphatic imine (C=N–C) groups is 1. The highest BCUT2D eigenvalue weighted by Gasteiger charge is 2.32. The van der Waals surface area contributed by atoms with Crippen LogP contribution in [-0.2, 0) is 23.9 Å². The zero-order valence-corrected chi connectivity index (χ0v) is 23.4. The first-order chi connectivity index (χ1) is 20.2. The van der Waals surface area contributed by atoms with E-state index in [9.17, 15) is 23.4 Å². The Labute approximate surface area is 243 Å². The maximum atomic E-state index is 13.2. The summed E-state index contributed by atoms with van der Waals surface area (Å²) >= 11 is 0. The van der Waals surface area contributed by atoms with E-state index in [2.05, 4.69) is 6.58 Å². The van der Waals surface area contributed by atoms with Gasteiger partial charge >= 0.3 is 6.18 Å². The predicted molar refractivity (Wildman–Crippen MR) is 160 cm³/mol. The lowest BCUT2D eigenvalue weighted by Crippen LogP contribution is -2.31. The number of hydrogen-bond acceptors (Lipinski definition) is 6. The van der Waals surface area contributed by atoms with Crippen LogP contribution in [-0.4, -0.2) is 55.1 Å². The lowest BCUT2D eigenvalue weighted by molar-refractivity contribution is -0.137. The Hall–Kier alpha value is -4.08. The molecule has 0 saturated carbocycles. The van der Waals surface area contributed by atoms with Crippen LogP contribution in [0.15, 0.2) is 90.1 Å². The van der Waals surface area contributed by atoms with Gasteiger partial charge < -0.3 is 24.7 Å². The summed E-state index contributed by atoms with van der Waals surface area (Å²) in [4.78, 5) is 8.80. The normalized spacial score (nSPS) is 16.6. The van der Waals surface area contributed by atoms with Crippen LogP contribution in [0.4, 0.5) is 24.5 Å². The van der Waals surface area contributed by atoms with Crippen LogP contribution in [0.3, 0.4) is 0 Å². The molecule has 220 valence electrons. The molecule has 2 aliphatic rings. The maximum absolute atomic E-state index is 13.2. The highest BCUT2D eigenvalue weighted by Crippen LogP contribution is 2.43. The van der Waals surface area contributed by atoms with Gasteiger partial charge in [-0.2, -0.15) is 13.2 Å². The van der Waals surface area contributed by atoms with Crippen molar-refractivity contribution < 1.29 is 28.1 Å². The van der Waals surface area contributed by atoms with Crippen LogP contribution in [0.25, 0.3) is 5.57 Å². The second-order valence-electron chi connectivity index (χ2n) is 10.5. The number of hydrogen-bond donors (Lipinski definition) is 2. The van der Waals surface area contributed by atoms with Crippen LogP contribution in [0, 0.1) is 6.92 Å². The van der Waals surface area contributed by atoms with Crippen molar-refractivity contribution in [3.63, 3.8) is 0 Å². The Morgan fingerprint density at radius 1 is 1.00 bits per heavy atom. The van der Waals surface area contributed by atoms with Crippen molar-refractivity contribution in [3.05, 3.63) is 113 Å². The molecule has 3 aromatic carbocycles. The average Bonchev–Trinajstić information content (AvgIpc) is 3.43. The molecule has 0 aliphatic carbocycles. The number of benzene rings is 3. The topological polar surface area (TPSA) is 68.5 Å². The van der Waals surface area contributed by atoms with Crippen LogP contribution in [0.1, 0.15) is 27.8 Å². The summed E-state index contributed by atoms with van der Waals surface area (Å²) in [6.07, 6.45) is -1.86. The number of rotatable bonds is 10. The average molecular weight is 578 g/mol. The van der Waals surface area contributed by atoms with Gasteiger partial charge in [0.1, 0.15) is 12.6 Å². The third kappa shape index (κ3) is 6.37. The molecule has 2 heterocycles. The highest BCUT2D eigenvalue weighted by molar-refractivity contribution is 5.92. The number of halogens is 3. The minimum atomic E-state index is -4.41. The largest absolute Gasteiger partial charge is 0.478 e. The highest BCUT2D eigenvalue weighted by atomic mass is 19.4. The summed E-state index contributed by atoms with van der Waals surface area (Å²) in [5, 5.41) is 19.3. The van der Waals surface area contributed by atoms with E-state index in [-0.39, 0.29) is 19.3 Å². The molecule has 0 fully saturated rings. The molecular weight excluding hydrogens is 543 g/mol. The summed E-state index contributed by atoms with van der Waals surface area (Å²) < 4.78 is 45.6. The fourth-order valence-corrected chi connectivity index (χ4v) is 5.43. The summed E-state index contributed by atoms with van der Waals surface area (Å²) in [5.74, 6) is 0.648. The molecular formula is C33H34F3N3O3. The molecule has 2 aliphatic heterocycles. The Balaban J connectivity index is 1.52. The predicted octanol–water partition coefficient (Wildman–Crippen LogP) is 5.76. The van der Waals surface area contributed by atoms with Gasteiger partial charge in [0.05, 0.1) is 24.5 Å². The van der Waals surface area contributed by atoms with E-state index in [1.165, 1.54) is 12.1 Å². The number of fused-ring (bicyclic) bond motifs is 1. The first-order valence-electron chi connectivity index (χ1n) is 13.9. The van der Waals surface area contributed by atoms with Crippen LogP contribution < -0.4 is 9.80 Å². The molecule has 9 heteroatoms. The van der Waals surface area contributed by atoms with Gasteiger partial charge in [0.25, 0.3) is 0 Å². The van der Waals surface area contributed by atoms with Crippen molar-refractivity contribution in [2.45, 2.75) is 32.1 Å². The van der Waals surface area contributed by atoms with E-state index in [1.807, 2.05) is 65.4 Å². The Morgan fingerprint density at radius 2 is 1.69 bits per heavy atom. The van der Waals surface area contributed by atoms with E-state index >= 15 is 0 Å². The minimum Gasteiger partial charge on any atom is -0.478 e. The molecule has 6 nitrogen and oxygen atoms in total. The lowest BCUT2D eigenvalue weighted by atomic mass is 9.88. The van der Waals surface area contributed by atoms with Crippen LogP contribution in [0.5, 0.6) is 0 Å². The van der Waals surface area contributed by atoms with Gasteiger partial charge in [0.2, 0.25) is 0 Å². The standard InChI is InChI=1S/C33H34F3N3O3/c1-22-16-27-23(2)28(29-21-42-32(37-29)17-24-6-4-3-5-7-24)20-39(19-25-8-10-26(11-9-25)33(34,35)36)31(27)18-30(22)38(12-14-40)13-15-41/h3-11,16,18,20,29,40-41H,2,12-15,17,19,21H2,1H3. The molecule has 3 aromatic rings. The van der Waals surface area contributed by atoms with Gasteiger partial charge in [-0.3, -0.25) is 0 Å². The molecule has 1 unspecified atom stereocenters. The number of alkyl halides is 3. The summed E-state index contributed by atoms with van der Waals surface area (Å²) in [6, 6.07) is 18.9. The molecule has 0 aromatic heterocycles. The van der Waals surface area contributed by atoms with Gasteiger partial charge in [-0.05, 0) is 53.5 Å². The van der Waals surface area contributed by atoms with Gasteiger partial charge in [-0.1, -0.05) is 49.0 Å². The summed E-state index contributed by atoms with van der Waals surface area (Å²) in [5.41, 5.74) is 6.32. The quantitative estimate of drug-likeness (QED) is 0.321. The van der Waals surface area contributed by atoms with Gasteiger partial charge in [0, 0.05) is 49.1 Å². The SMILES string of the molecule is C=C1C(C2COC(Cc3ccccc3)=N2)=CN(Cc2ccc(C(F)(F)F)cc2)c2cc(N(CCO)CCO)c(C)cc21. The van der Waals surface area contributed by atoms with Crippen molar-refractivity contribution in [1.82, 2.24) is 0 Å². The van der Waals surface area contributed by atoms with Gasteiger partial charge in [-0.25, -0.2) is 4.99 Å². The smallest absolute Gasteiger partial charge is 0.416 e. The van der Waals surface area contributed by atoms with Gasteiger partial charge in [0.15, 0.2) is 5.90 Å². The molecule has 1 atom stereocenters. The Kier molecular flexibility index (Phi) is 8.70. The fraction of sp³-hybridized carbons (Fsp3) is 0.303. The lowest BCUT2D eigenvalue weighted by Gasteiger charge is -2.34. The molecule has 0 amide bonds. The molecule has 0 spiro atoms. The van der Waals surface area contributed by atoms with E-state index < -0.39 is 11.7 Å². The summed E-state index contributed by atoms with van der Waals surface area (Å²) in [6.45, 7) is 7.62. The third-order valence-electron chi connectivity index (χ3n) is 7.57. The van der Waals surface area contributed by atoms with E-state index in [4.69, 9.17) is 9.73 Å². The second kappa shape index (κ2) is 12.4. The first kappa shape index (κ1) is 29.4. The van der Waals surface area contributed by atoms with Crippen molar-refractivity contribution in [2.24, 2.45) is 4.99 Å². The second-order valence-corrected chi connectivity index (χ2v) is 10.5. The van der Waals surface area contributed by atoms with E-state index in [0.717, 1.165) is 51.3 Å². The summed E-state index contributed by atoms with van der Waals surface area (Å²) in [7, 11) is 0. The number of aliphatic hydroxyl groups excluding tert-OH is 2. The van der Waals surface area contributed by atoms with Crippen molar-refractivity contribution >= 4 is 22.8 Å². The number of ether oxygens (including phenoxy) is 1. The number of aliphatic hydroxyl groups is 2. The molecule has 2 N–H and O–H groups in total. The molecule has 0 bridgehead atoms. The maximum Gasteiger partial charge on any atom is 0.416 e. The van der Waals surface area contributed by atoms with Crippen molar-refractivity contribution in [1.29, 1.82) is 0 Å². The fourth-order valence-electron chi connectivity index (χ4n) is 5.43. The monoisotopic (exact) mass is 577 g/mol. The molecule has 0 radical (unpaired) electrons. The zero-order valence-electron chi connectivity index (χ0n) is 23.4. The Morgan fingerprint density at radius 3 is 2.33 bits per heavy atom. The Bertz CT molecular complexity index is 1480. The first-order valence-corrected chi connectivity index (χ1v) is 13.9. The number of aryl methyl sites for hydroxylation is 1. The third-order valence-corrected chi connectivity index (χ3v) is 7.57. The van der Waals surface area contributed by atoms with Crippen LogP contribution >= 0.6 is 0 Å². The molecule has 5 rings (SSSR count). The van der Waals surface area contributed by atoms with Crippen molar-refractivity contribution in [3.8, 4) is 0 Å². The van der Waals surface area contributed by atoms with E-state index in [0.29, 0.717) is 44.1 Å². The molecule has 0 saturated heterocycles. The van der Waals surface area contributed by atoms with E-state index in [1.54, 1.807) is 0 Å². The minimum absolute atomic E-state index is 0.0758. The zero-order chi connectivity index (χ0) is 29.9. The molecule has 42 heavy (non-hydrogen) atoms. The van der Waals surface area contributed by atoms with Crippen molar-refractivity contribution in [2.75, 3.05) is 42.7 Å². The number of anilines is 2. The van der Waals surface area contributed by atoms with Crippen LogP contribution in [0.2, 0.25) is 0 Å². The van der Waals surface area contributed by atoms with Gasteiger partial charge in [-0.15, -0.1) is 0 Å².